The maximum Gasteiger partial charge on any atom is 0.409 e. The van der Waals surface area contributed by atoms with Crippen LogP contribution in [0.25, 0.3) is 10.9 Å². The van der Waals surface area contributed by atoms with Gasteiger partial charge in [0.05, 0.1) is 7.11 Å². The van der Waals surface area contributed by atoms with Crippen LogP contribution in [-0.2, 0) is 16.1 Å². The number of hydrogen-bond donors (Lipinski definition) is 1. The number of rotatable bonds is 3. The van der Waals surface area contributed by atoms with Crippen molar-refractivity contribution in [2.45, 2.75) is 25.4 Å². The Hall–Kier alpha value is -2.50. The van der Waals surface area contributed by atoms with Gasteiger partial charge in [-0.1, -0.05) is 18.2 Å². The Balaban J connectivity index is 1.53. The zero-order valence-electron chi connectivity index (χ0n) is 13.2. The third kappa shape index (κ3) is 3.47. The van der Waals surface area contributed by atoms with Gasteiger partial charge >= 0.3 is 6.09 Å². The lowest BCUT2D eigenvalue weighted by molar-refractivity contribution is -0.122. The average molecular weight is 315 g/mol. The minimum absolute atomic E-state index is 0.00266. The van der Waals surface area contributed by atoms with E-state index in [-0.39, 0.29) is 18.0 Å². The molecule has 6 nitrogen and oxygen atoms in total. The summed E-state index contributed by atoms with van der Waals surface area (Å²) in [5.74, 6) is 0.00266. The van der Waals surface area contributed by atoms with Crippen molar-refractivity contribution in [3.63, 3.8) is 0 Å². The van der Waals surface area contributed by atoms with Gasteiger partial charge in [-0.3, -0.25) is 4.79 Å². The summed E-state index contributed by atoms with van der Waals surface area (Å²) in [6.07, 6.45) is 3.15. The molecule has 0 saturated carbocycles. The Kier molecular flexibility index (Phi) is 4.50. The van der Waals surface area contributed by atoms with E-state index in [0.29, 0.717) is 19.6 Å². The van der Waals surface area contributed by atoms with Crippen molar-refractivity contribution < 1.29 is 14.3 Å². The van der Waals surface area contributed by atoms with E-state index in [9.17, 15) is 9.59 Å². The Morgan fingerprint density at radius 3 is 2.70 bits per heavy atom. The number of carbonyl (C=O) groups excluding carboxylic acids is 2. The number of likely N-dealkylation sites (tertiary alicyclic amines) is 1. The first kappa shape index (κ1) is 15.4. The summed E-state index contributed by atoms with van der Waals surface area (Å²) in [4.78, 5) is 25.4. The Morgan fingerprint density at radius 2 is 1.96 bits per heavy atom. The molecule has 122 valence electrons. The number of benzene rings is 1. The van der Waals surface area contributed by atoms with Gasteiger partial charge in [-0.05, 0) is 30.4 Å². The van der Waals surface area contributed by atoms with Crippen LogP contribution >= 0.6 is 0 Å². The van der Waals surface area contributed by atoms with E-state index in [4.69, 9.17) is 4.74 Å². The van der Waals surface area contributed by atoms with Crippen molar-refractivity contribution in [2.24, 2.45) is 0 Å². The molecular formula is C17H21N3O3. The smallest absolute Gasteiger partial charge is 0.409 e. The van der Waals surface area contributed by atoms with E-state index in [1.807, 2.05) is 41.1 Å². The molecule has 1 aromatic heterocycles. The summed E-state index contributed by atoms with van der Waals surface area (Å²) in [7, 11) is 1.39. The first-order valence-electron chi connectivity index (χ1n) is 7.83. The molecule has 2 heterocycles. The molecule has 0 bridgehead atoms. The number of hydrogen-bond acceptors (Lipinski definition) is 3. The monoisotopic (exact) mass is 315 g/mol. The fraction of sp³-hybridized carbons (Fsp3) is 0.412. The molecule has 0 unspecified atom stereocenters. The van der Waals surface area contributed by atoms with Crippen LogP contribution in [0.1, 0.15) is 12.8 Å². The standard InChI is InChI=1S/C17H21N3O3/c1-23-17(22)19-10-7-14(8-11-19)18-16(21)12-20-9-6-13-4-2-3-5-15(13)20/h2-6,9,14H,7-8,10-12H2,1H3,(H,18,21). The van der Waals surface area contributed by atoms with E-state index < -0.39 is 0 Å². The van der Waals surface area contributed by atoms with Gasteiger partial charge in [-0.25, -0.2) is 4.79 Å². The fourth-order valence-corrected chi connectivity index (χ4v) is 3.04. The molecule has 1 saturated heterocycles. The molecule has 0 aliphatic carbocycles. The van der Waals surface area contributed by atoms with Crippen molar-refractivity contribution in [1.82, 2.24) is 14.8 Å². The second kappa shape index (κ2) is 6.73. The molecule has 6 heteroatoms. The second-order valence-electron chi connectivity index (χ2n) is 5.80. The summed E-state index contributed by atoms with van der Waals surface area (Å²) in [6, 6.07) is 10.1. The van der Waals surface area contributed by atoms with E-state index in [2.05, 4.69) is 5.32 Å². The molecule has 1 aliphatic rings. The van der Waals surface area contributed by atoms with Crippen LogP contribution in [0.2, 0.25) is 0 Å². The predicted molar refractivity (Wildman–Crippen MR) is 87.1 cm³/mol. The van der Waals surface area contributed by atoms with Crippen molar-refractivity contribution in [3.05, 3.63) is 36.5 Å². The van der Waals surface area contributed by atoms with Gasteiger partial charge in [0.25, 0.3) is 0 Å². The van der Waals surface area contributed by atoms with Crippen LogP contribution in [0.15, 0.2) is 36.5 Å². The van der Waals surface area contributed by atoms with Gasteiger partial charge in [0, 0.05) is 30.8 Å². The highest BCUT2D eigenvalue weighted by molar-refractivity contribution is 5.83. The topological polar surface area (TPSA) is 63.6 Å². The number of nitrogens with one attached hydrogen (secondary N) is 1. The SMILES string of the molecule is COC(=O)N1CCC(NC(=O)Cn2ccc3ccccc32)CC1. The van der Waals surface area contributed by atoms with E-state index in [0.717, 1.165) is 23.7 Å². The maximum absolute atomic E-state index is 12.3. The van der Waals surface area contributed by atoms with E-state index in [1.165, 1.54) is 7.11 Å². The summed E-state index contributed by atoms with van der Waals surface area (Å²) in [5, 5.41) is 4.19. The number of fused-ring (bicyclic) bond motifs is 1. The third-order valence-corrected chi connectivity index (χ3v) is 4.29. The molecule has 0 atom stereocenters. The molecule has 0 spiro atoms. The zero-order chi connectivity index (χ0) is 16.2. The molecule has 0 radical (unpaired) electrons. The van der Waals surface area contributed by atoms with Crippen LogP contribution in [0.5, 0.6) is 0 Å². The Morgan fingerprint density at radius 1 is 1.22 bits per heavy atom. The highest BCUT2D eigenvalue weighted by atomic mass is 16.5. The average Bonchev–Trinajstić information content (AvgIpc) is 2.98. The lowest BCUT2D eigenvalue weighted by atomic mass is 10.1. The van der Waals surface area contributed by atoms with Crippen LogP contribution in [0.3, 0.4) is 0 Å². The van der Waals surface area contributed by atoms with Crippen LogP contribution in [0, 0.1) is 0 Å². The molecule has 1 aromatic carbocycles. The van der Waals surface area contributed by atoms with Gasteiger partial charge in [-0.15, -0.1) is 0 Å². The molecular weight excluding hydrogens is 294 g/mol. The number of ether oxygens (including phenoxy) is 1. The number of methoxy groups -OCH3 is 1. The van der Waals surface area contributed by atoms with Crippen molar-refractivity contribution in [3.8, 4) is 0 Å². The van der Waals surface area contributed by atoms with Gasteiger partial charge in [0.1, 0.15) is 6.54 Å². The molecule has 2 amide bonds. The maximum atomic E-state index is 12.3. The van der Waals surface area contributed by atoms with Crippen LogP contribution in [0.4, 0.5) is 4.79 Å². The molecule has 3 rings (SSSR count). The van der Waals surface area contributed by atoms with E-state index >= 15 is 0 Å². The molecule has 1 fully saturated rings. The summed E-state index contributed by atoms with van der Waals surface area (Å²) < 4.78 is 6.67. The summed E-state index contributed by atoms with van der Waals surface area (Å²) in [5.41, 5.74) is 1.06. The van der Waals surface area contributed by atoms with Gasteiger partial charge in [0.2, 0.25) is 5.91 Å². The zero-order valence-corrected chi connectivity index (χ0v) is 13.2. The molecule has 1 aliphatic heterocycles. The number of carbonyl (C=O) groups is 2. The summed E-state index contributed by atoms with van der Waals surface area (Å²) >= 11 is 0. The first-order chi connectivity index (χ1) is 11.2. The second-order valence-corrected chi connectivity index (χ2v) is 5.80. The number of piperidine rings is 1. The third-order valence-electron chi connectivity index (χ3n) is 4.29. The normalized spacial score (nSPS) is 15.6. The van der Waals surface area contributed by atoms with Gasteiger partial charge < -0.3 is 19.5 Å². The van der Waals surface area contributed by atoms with E-state index in [1.54, 1.807) is 4.90 Å². The molecule has 1 N–H and O–H groups in total. The number of para-hydroxylation sites is 1. The largest absolute Gasteiger partial charge is 0.453 e. The highest BCUT2D eigenvalue weighted by Gasteiger charge is 2.24. The first-order valence-corrected chi connectivity index (χ1v) is 7.83. The lowest BCUT2D eigenvalue weighted by Crippen LogP contribution is -2.47. The van der Waals surface area contributed by atoms with Crippen molar-refractivity contribution >= 4 is 22.9 Å². The Bertz CT molecular complexity index is 702. The van der Waals surface area contributed by atoms with Gasteiger partial charge in [-0.2, -0.15) is 0 Å². The summed E-state index contributed by atoms with van der Waals surface area (Å²) in [6.45, 7) is 1.54. The highest BCUT2D eigenvalue weighted by Crippen LogP contribution is 2.15. The van der Waals surface area contributed by atoms with Crippen LogP contribution in [-0.4, -0.2) is 47.7 Å². The number of amides is 2. The minimum atomic E-state index is -0.298. The number of aromatic nitrogens is 1. The minimum Gasteiger partial charge on any atom is -0.453 e. The van der Waals surface area contributed by atoms with Crippen LogP contribution < -0.4 is 5.32 Å². The fourth-order valence-electron chi connectivity index (χ4n) is 3.04. The quantitative estimate of drug-likeness (QED) is 0.942. The van der Waals surface area contributed by atoms with Crippen molar-refractivity contribution in [2.75, 3.05) is 20.2 Å². The molecule has 23 heavy (non-hydrogen) atoms. The molecule has 2 aromatic rings. The predicted octanol–water partition coefficient (Wildman–Crippen LogP) is 1.99. The van der Waals surface area contributed by atoms with Gasteiger partial charge in [0.15, 0.2) is 0 Å². The lowest BCUT2D eigenvalue weighted by Gasteiger charge is -2.31. The Labute approximate surface area is 135 Å². The van der Waals surface area contributed by atoms with Crippen molar-refractivity contribution in [1.29, 1.82) is 0 Å². The number of nitrogens with zero attached hydrogens (tertiary/aromatic N) is 2.